The van der Waals surface area contributed by atoms with E-state index in [-0.39, 0.29) is 6.79 Å². The average Bonchev–Trinajstić information content (AvgIpc) is 2.87. The summed E-state index contributed by atoms with van der Waals surface area (Å²) in [6.07, 6.45) is 0. The molecule has 0 saturated heterocycles. The summed E-state index contributed by atoms with van der Waals surface area (Å²) in [4.78, 5) is 25.9. The normalized spacial score (nSPS) is 10.6. The molecule has 0 radical (unpaired) electrons. The third-order valence-electron chi connectivity index (χ3n) is 6.21. The fourth-order valence-corrected chi connectivity index (χ4v) is 4.04. The first-order chi connectivity index (χ1) is 17.2. The van der Waals surface area contributed by atoms with E-state index in [1.807, 2.05) is 44.2 Å². The fraction of sp³-hybridized carbons (Fsp3) is 0.310. The summed E-state index contributed by atoms with van der Waals surface area (Å²) in [6.45, 7) is 9.27. The second kappa shape index (κ2) is 11.7. The largest absolute Gasteiger partial charge is 0.496 e. The summed E-state index contributed by atoms with van der Waals surface area (Å²) in [6, 6.07) is 13.3. The van der Waals surface area contributed by atoms with E-state index < -0.39 is 11.9 Å². The molecule has 0 atom stereocenters. The van der Waals surface area contributed by atoms with Gasteiger partial charge < -0.3 is 23.7 Å². The quantitative estimate of drug-likeness (QED) is 0.212. The Morgan fingerprint density at radius 1 is 0.778 bits per heavy atom. The molecule has 0 N–H and O–H groups in total. The Labute approximate surface area is 211 Å². The van der Waals surface area contributed by atoms with Gasteiger partial charge in [-0.05, 0) is 74.1 Å². The van der Waals surface area contributed by atoms with E-state index in [0.717, 1.165) is 5.56 Å². The number of carbonyl (C=O) groups excluding carboxylic acids is 2. The van der Waals surface area contributed by atoms with E-state index in [9.17, 15) is 9.59 Å². The molecule has 0 aromatic heterocycles. The smallest absolute Gasteiger partial charge is 0.347 e. The molecule has 0 aliphatic rings. The number of esters is 2. The number of hydrogen-bond acceptors (Lipinski definition) is 7. The van der Waals surface area contributed by atoms with Crippen LogP contribution in [0.1, 0.15) is 54.1 Å². The zero-order valence-corrected chi connectivity index (χ0v) is 21.8. The molecule has 0 bridgehead atoms. The van der Waals surface area contributed by atoms with Crippen LogP contribution in [0.15, 0.2) is 42.5 Å². The predicted octanol–water partition coefficient (Wildman–Crippen LogP) is 5.80. The number of methoxy groups -OCH3 is 2. The lowest BCUT2D eigenvalue weighted by atomic mass is 9.93. The van der Waals surface area contributed by atoms with Crippen LogP contribution in [-0.4, -0.2) is 33.0 Å². The lowest BCUT2D eigenvalue weighted by molar-refractivity contribution is -0.0126. The summed E-state index contributed by atoms with van der Waals surface area (Å²) in [5.74, 6) is 0.302. The minimum absolute atomic E-state index is 0.142. The van der Waals surface area contributed by atoms with Gasteiger partial charge in [0.2, 0.25) is 0 Å². The van der Waals surface area contributed by atoms with Crippen molar-refractivity contribution in [1.82, 2.24) is 0 Å². The third-order valence-corrected chi connectivity index (χ3v) is 6.21. The lowest BCUT2D eigenvalue weighted by Gasteiger charge is -2.20. The summed E-state index contributed by atoms with van der Waals surface area (Å²) < 4.78 is 27.3. The van der Waals surface area contributed by atoms with Crippen LogP contribution in [0.5, 0.6) is 17.2 Å². The highest BCUT2D eigenvalue weighted by molar-refractivity contribution is 5.97. The second-order valence-electron chi connectivity index (χ2n) is 8.52. The van der Waals surface area contributed by atoms with Gasteiger partial charge in [-0.15, -0.1) is 0 Å². The molecule has 36 heavy (non-hydrogen) atoms. The van der Waals surface area contributed by atoms with Crippen LogP contribution >= 0.6 is 0 Å². The number of rotatable bonds is 9. The minimum Gasteiger partial charge on any atom is -0.496 e. The van der Waals surface area contributed by atoms with E-state index in [2.05, 4.69) is 0 Å². The second-order valence-corrected chi connectivity index (χ2v) is 8.52. The van der Waals surface area contributed by atoms with E-state index in [1.165, 1.54) is 14.2 Å². The van der Waals surface area contributed by atoms with E-state index in [0.29, 0.717) is 62.8 Å². The van der Waals surface area contributed by atoms with Crippen molar-refractivity contribution < 1.29 is 33.3 Å². The Bertz CT molecular complexity index is 1230. The highest BCUT2D eigenvalue weighted by Gasteiger charge is 2.25. The lowest BCUT2D eigenvalue weighted by Crippen LogP contribution is -2.17. The predicted molar refractivity (Wildman–Crippen MR) is 136 cm³/mol. The Morgan fingerprint density at radius 2 is 1.42 bits per heavy atom. The molecule has 0 aliphatic carbocycles. The molecule has 3 aromatic carbocycles. The van der Waals surface area contributed by atoms with Crippen molar-refractivity contribution in [2.45, 2.75) is 41.2 Å². The number of benzene rings is 3. The van der Waals surface area contributed by atoms with Crippen LogP contribution in [0.2, 0.25) is 0 Å². The highest BCUT2D eigenvalue weighted by atomic mass is 16.7. The molecule has 3 rings (SSSR count). The number of hydrogen-bond donors (Lipinski definition) is 0. The van der Waals surface area contributed by atoms with Gasteiger partial charge in [-0.2, -0.15) is 0 Å². The molecule has 0 heterocycles. The molecule has 3 aromatic rings. The molecule has 0 spiro atoms. The maximum absolute atomic E-state index is 13.3. The minimum atomic E-state index is -0.557. The Balaban J connectivity index is 1.90. The number of aryl methyl sites for hydroxylation is 1. The van der Waals surface area contributed by atoms with E-state index >= 15 is 0 Å². The third kappa shape index (κ3) is 5.69. The zero-order valence-electron chi connectivity index (χ0n) is 21.8. The van der Waals surface area contributed by atoms with E-state index in [1.54, 1.807) is 32.9 Å². The molecule has 0 fully saturated rings. The van der Waals surface area contributed by atoms with Crippen molar-refractivity contribution in [3.8, 4) is 17.2 Å². The average molecular weight is 493 g/mol. The first-order valence-corrected chi connectivity index (χ1v) is 11.5. The summed E-state index contributed by atoms with van der Waals surface area (Å²) in [5, 5.41) is 0. The monoisotopic (exact) mass is 492 g/mol. The van der Waals surface area contributed by atoms with Crippen molar-refractivity contribution in [3.05, 3.63) is 87.0 Å². The van der Waals surface area contributed by atoms with Gasteiger partial charge in [-0.1, -0.05) is 30.3 Å². The standard InChI is InChI=1S/C29H32O7/c1-17-13-23(34-15-22-11-9-8-10-12-22)14-24(33-7)25(17)29(31)36-27-20(4)18(2)26(19(3)21(27)5)28(30)35-16-32-6/h8-14H,15-16H2,1-7H3. The van der Waals surface area contributed by atoms with Gasteiger partial charge in [-0.3, -0.25) is 0 Å². The van der Waals surface area contributed by atoms with Gasteiger partial charge in [-0.25, -0.2) is 9.59 Å². The maximum atomic E-state index is 13.3. The molecule has 0 aliphatic heterocycles. The Morgan fingerprint density at radius 3 is 2.00 bits per heavy atom. The first-order valence-electron chi connectivity index (χ1n) is 11.5. The van der Waals surface area contributed by atoms with Gasteiger partial charge in [0.15, 0.2) is 6.79 Å². The van der Waals surface area contributed by atoms with Gasteiger partial charge >= 0.3 is 11.9 Å². The van der Waals surface area contributed by atoms with Gasteiger partial charge in [0.1, 0.15) is 29.4 Å². The number of carbonyl (C=O) groups is 2. The molecule has 7 heteroatoms. The molecular weight excluding hydrogens is 460 g/mol. The molecule has 7 nitrogen and oxygen atoms in total. The SMILES string of the molecule is COCOC(=O)c1c(C)c(C)c(OC(=O)c2c(C)cc(OCc3ccccc3)cc2OC)c(C)c1C. The van der Waals surface area contributed by atoms with Gasteiger partial charge in [0, 0.05) is 13.2 Å². The number of ether oxygens (including phenoxy) is 5. The van der Waals surface area contributed by atoms with Gasteiger partial charge in [0.05, 0.1) is 12.7 Å². The van der Waals surface area contributed by atoms with E-state index in [4.69, 9.17) is 23.7 Å². The molecule has 190 valence electrons. The van der Waals surface area contributed by atoms with Crippen molar-refractivity contribution in [2.75, 3.05) is 21.0 Å². The summed E-state index contributed by atoms with van der Waals surface area (Å²) >= 11 is 0. The van der Waals surface area contributed by atoms with Crippen LogP contribution < -0.4 is 14.2 Å². The van der Waals surface area contributed by atoms with Gasteiger partial charge in [0.25, 0.3) is 0 Å². The van der Waals surface area contributed by atoms with Crippen LogP contribution in [-0.2, 0) is 16.1 Å². The fourth-order valence-electron chi connectivity index (χ4n) is 4.04. The van der Waals surface area contributed by atoms with Crippen LogP contribution in [0.3, 0.4) is 0 Å². The van der Waals surface area contributed by atoms with Crippen LogP contribution in [0, 0.1) is 34.6 Å². The molecular formula is C29H32O7. The highest BCUT2D eigenvalue weighted by Crippen LogP contribution is 2.35. The van der Waals surface area contributed by atoms with Crippen molar-refractivity contribution in [3.63, 3.8) is 0 Å². The van der Waals surface area contributed by atoms with Crippen molar-refractivity contribution in [2.24, 2.45) is 0 Å². The summed E-state index contributed by atoms with van der Waals surface area (Å²) in [7, 11) is 2.95. The molecule has 0 saturated carbocycles. The van der Waals surface area contributed by atoms with Crippen molar-refractivity contribution in [1.29, 1.82) is 0 Å². The first kappa shape index (κ1) is 26.8. The molecule has 0 unspecified atom stereocenters. The molecule has 0 amide bonds. The van der Waals surface area contributed by atoms with Crippen LogP contribution in [0.25, 0.3) is 0 Å². The summed E-state index contributed by atoms with van der Waals surface area (Å²) in [5.41, 5.74) is 5.14. The zero-order chi connectivity index (χ0) is 26.4. The Kier molecular flexibility index (Phi) is 8.72. The van der Waals surface area contributed by atoms with Crippen molar-refractivity contribution >= 4 is 11.9 Å². The van der Waals surface area contributed by atoms with Crippen LogP contribution in [0.4, 0.5) is 0 Å². The Hall–Kier alpha value is -3.84. The topological polar surface area (TPSA) is 80.3 Å². The maximum Gasteiger partial charge on any atom is 0.347 e.